The van der Waals surface area contributed by atoms with Crippen molar-refractivity contribution in [2.75, 3.05) is 11.9 Å². The van der Waals surface area contributed by atoms with Gasteiger partial charge in [-0.2, -0.15) is 0 Å². The summed E-state index contributed by atoms with van der Waals surface area (Å²) < 4.78 is 0. The lowest BCUT2D eigenvalue weighted by Crippen LogP contribution is -2.30. The normalized spacial score (nSPS) is 12.6. The van der Waals surface area contributed by atoms with Gasteiger partial charge in [-0.1, -0.05) is 13.3 Å². The molecule has 2 N–H and O–H groups in total. The Kier molecular flexibility index (Phi) is 4.74. The molecule has 0 amide bonds. The summed E-state index contributed by atoms with van der Waals surface area (Å²) in [5.74, 6) is 1.03. The lowest BCUT2D eigenvalue weighted by Gasteiger charge is -2.28. The average Bonchev–Trinajstić information content (AvgIpc) is 2.28. The van der Waals surface area contributed by atoms with Crippen LogP contribution in [0.1, 0.15) is 37.8 Å². The van der Waals surface area contributed by atoms with Crippen molar-refractivity contribution in [2.45, 2.75) is 46.2 Å². The molecule has 0 saturated heterocycles. The van der Waals surface area contributed by atoms with E-state index in [0.717, 1.165) is 11.4 Å². The Labute approximate surface area is 98.7 Å². The lowest BCUT2D eigenvalue weighted by atomic mass is 10.1. The number of rotatable bonds is 5. The molecule has 1 rings (SSSR count). The highest BCUT2D eigenvalue weighted by Gasteiger charge is 2.14. The fourth-order valence-electron chi connectivity index (χ4n) is 1.95. The topological polar surface area (TPSA) is 42.2 Å². The lowest BCUT2D eigenvalue weighted by molar-refractivity contribution is 0.609. The highest BCUT2D eigenvalue weighted by molar-refractivity contribution is 5.50. The van der Waals surface area contributed by atoms with Gasteiger partial charge in [0, 0.05) is 31.4 Å². The Bertz CT molecular complexity index is 336. The summed E-state index contributed by atoms with van der Waals surface area (Å²) in [5, 5.41) is 0. The molecule has 0 aliphatic heterocycles. The van der Waals surface area contributed by atoms with Crippen LogP contribution < -0.4 is 10.6 Å². The molecule has 1 unspecified atom stereocenters. The third-order valence-corrected chi connectivity index (χ3v) is 3.17. The summed E-state index contributed by atoms with van der Waals surface area (Å²) >= 11 is 0. The number of nitrogens with two attached hydrogens (primary N) is 1. The smallest absolute Gasteiger partial charge is 0.133 e. The molecule has 0 spiro atoms. The monoisotopic (exact) mass is 221 g/mol. The van der Waals surface area contributed by atoms with Gasteiger partial charge in [0.1, 0.15) is 5.82 Å². The van der Waals surface area contributed by atoms with Crippen LogP contribution in [0.3, 0.4) is 0 Å². The Balaban J connectivity index is 2.98. The molecule has 90 valence electrons. The molecule has 1 heterocycles. The first-order valence-corrected chi connectivity index (χ1v) is 5.99. The molecule has 0 saturated carbocycles. The maximum absolute atomic E-state index is 5.80. The number of anilines is 1. The maximum Gasteiger partial charge on any atom is 0.133 e. The minimum absolute atomic E-state index is 0.504. The Morgan fingerprint density at radius 3 is 2.75 bits per heavy atom. The molecule has 1 aromatic rings. The van der Waals surface area contributed by atoms with E-state index in [2.05, 4.69) is 37.7 Å². The van der Waals surface area contributed by atoms with Gasteiger partial charge in [-0.05, 0) is 31.9 Å². The van der Waals surface area contributed by atoms with Gasteiger partial charge in [-0.25, -0.2) is 4.98 Å². The van der Waals surface area contributed by atoms with Gasteiger partial charge in [-0.3, -0.25) is 0 Å². The molecule has 1 aromatic heterocycles. The van der Waals surface area contributed by atoms with Crippen LogP contribution in [0.4, 0.5) is 5.82 Å². The molecule has 0 aromatic carbocycles. The van der Waals surface area contributed by atoms with Crippen LogP contribution in [0.25, 0.3) is 0 Å². The Morgan fingerprint density at radius 1 is 1.50 bits per heavy atom. The minimum Gasteiger partial charge on any atom is -0.357 e. The van der Waals surface area contributed by atoms with Crippen LogP contribution in [0.15, 0.2) is 12.3 Å². The standard InChI is InChI=1S/C13H23N3/c1-5-6-11(3)16(4)13-12(9-14)10(2)7-8-15-13/h7-8,11H,5-6,9,14H2,1-4H3. The second-order valence-corrected chi connectivity index (χ2v) is 4.38. The van der Waals surface area contributed by atoms with Crippen LogP contribution in [0, 0.1) is 6.92 Å². The fraction of sp³-hybridized carbons (Fsp3) is 0.615. The van der Waals surface area contributed by atoms with E-state index in [1.54, 1.807) is 0 Å². The average molecular weight is 221 g/mol. The van der Waals surface area contributed by atoms with Crippen molar-refractivity contribution in [3.8, 4) is 0 Å². The van der Waals surface area contributed by atoms with E-state index >= 15 is 0 Å². The van der Waals surface area contributed by atoms with Crippen LogP contribution >= 0.6 is 0 Å². The van der Waals surface area contributed by atoms with Crippen LogP contribution in [0.2, 0.25) is 0 Å². The van der Waals surface area contributed by atoms with Crippen molar-refractivity contribution < 1.29 is 0 Å². The zero-order valence-corrected chi connectivity index (χ0v) is 10.8. The van der Waals surface area contributed by atoms with Crippen molar-refractivity contribution in [1.82, 2.24) is 4.98 Å². The number of aromatic nitrogens is 1. The molecule has 0 aliphatic rings. The summed E-state index contributed by atoms with van der Waals surface area (Å²) in [5.41, 5.74) is 8.18. The maximum atomic E-state index is 5.80. The third kappa shape index (κ3) is 2.73. The molecular weight excluding hydrogens is 198 g/mol. The van der Waals surface area contributed by atoms with E-state index < -0.39 is 0 Å². The first kappa shape index (κ1) is 13.0. The molecule has 3 nitrogen and oxygen atoms in total. The number of aryl methyl sites for hydroxylation is 1. The molecule has 0 radical (unpaired) electrons. The van der Waals surface area contributed by atoms with E-state index in [1.165, 1.54) is 18.4 Å². The van der Waals surface area contributed by atoms with E-state index in [4.69, 9.17) is 5.73 Å². The summed E-state index contributed by atoms with van der Waals surface area (Å²) in [6.07, 6.45) is 4.23. The van der Waals surface area contributed by atoms with Gasteiger partial charge in [0.05, 0.1) is 0 Å². The van der Waals surface area contributed by atoms with Crippen molar-refractivity contribution in [2.24, 2.45) is 5.73 Å². The number of nitrogens with zero attached hydrogens (tertiary/aromatic N) is 2. The highest BCUT2D eigenvalue weighted by atomic mass is 15.2. The molecule has 3 heteroatoms. The molecule has 0 bridgehead atoms. The second kappa shape index (κ2) is 5.85. The predicted molar refractivity (Wildman–Crippen MR) is 69.6 cm³/mol. The Morgan fingerprint density at radius 2 is 2.19 bits per heavy atom. The van der Waals surface area contributed by atoms with Crippen LogP contribution in [-0.2, 0) is 6.54 Å². The zero-order valence-electron chi connectivity index (χ0n) is 10.8. The molecular formula is C13H23N3. The summed E-state index contributed by atoms with van der Waals surface area (Å²) in [7, 11) is 2.10. The van der Waals surface area contributed by atoms with Crippen molar-refractivity contribution >= 4 is 5.82 Å². The van der Waals surface area contributed by atoms with Crippen molar-refractivity contribution in [3.05, 3.63) is 23.4 Å². The first-order chi connectivity index (χ1) is 7.61. The van der Waals surface area contributed by atoms with Gasteiger partial charge in [0.15, 0.2) is 0 Å². The predicted octanol–water partition coefficient (Wildman–Crippen LogP) is 2.47. The summed E-state index contributed by atoms with van der Waals surface area (Å²) in [6, 6.07) is 2.52. The van der Waals surface area contributed by atoms with E-state index in [0.29, 0.717) is 12.6 Å². The quantitative estimate of drug-likeness (QED) is 0.830. The van der Waals surface area contributed by atoms with E-state index in [-0.39, 0.29) is 0 Å². The van der Waals surface area contributed by atoms with Crippen LogP contribution in [-0.4, -0.2) is 18.1 Å². The van der Waals surface area contributed by atoms with Crippen LogP contribution in [0.5, 0.6) is 0 Å². The molecule has 0 aliphatic carbocycles. The number of pyridine rings is 1. The molecule has 16 heavy (non-hydrogen) atoms. The number of hydrogen-bond donors (Lipinski definition) is 1. The van der Waals surface area contributed by atoms with E-state index in [9.17, 15) is 0 Å². The SMILES string of the molecule is CCCC(C)N(C)c1nccc(C)c1CN. The Hall–Kier alpha value is -1.09. The van der Waals surface area contributed by atoms with Gasteiger partial charge >= 0.3 is 0 Å². The molecule has 0 fully saturated rings. The number of hydrogen-bond acceptors (Lipinski definition) is 3. The third-order valence-electron chi connectivity index (χ3n) is 3.17. The highest BCUT2D eigenvalue weighted by Crippen LogP contribution is 2.22. The van der Waals surface area contributed by atoms with Gasteiger partial charge < -0.3 is 10.6 Å². The first-order valence-electron chi connectivity index (χ1n) is 5.99. The van der Waals surface area contributed by atoms with Crippen molar-refractivity contribution in [1.29, 1.82) is 0 Å². The minimum atomic E-state index is 0.504. The largest absolute Gasteiger partial charge is 0.357 e. The van der Waals surface area contributed by atoms with Gasteiger partial charge in [-0.15, -0.1) is 0 Å². The second-order valence-electron chi connectivity index (χ2n) is 4.38. The fourth-order valence-corrected chi connectivity index (χ4v) is 1.95. The summed E-state index contributed by atoms with van der Waals surface area (Å²) in [6.45, 7) is 7.08. The summed E-state index contributed by atoms with van der Waals surface area (Å²) in [4.78, 5) is 6.69. The van der Waals surface area contributed by atoms with E-state index in [1.807, 2.05) is 12.3 Å². The van der Waals surface area contributed by atoms with Crippen molar-refractivity contribution in [3.63, 3.8) is 0 Å². The molecule has 1 atom stereocenters. The zero-order chi connectivity index (χ0) is 12.1. The van der Waals surface area contributed by atoms with Gasteiger partial charge in [0.25, 0.3) is 0 Å². The van der Waals surface area contributed by atoms with Gasteiger partial charge in [0.2, 0.25) is 0 Å².